The van der Waals surface area contributed by atoms with E-state index in [0.717, 1.165) is 23.8 Å². The molecule has 9 N–H and O–H groups in total. The van der Waals surface area contributed by atoms with Crippen LogP contribution in [-0.2, 0) is 51.1 Å². The average Bonchev–Trinajstić information content (AvgIpc) is 3.26. The summed E-state index contributed by atoms with van der Waals surface area (Å²) in [6.07, 6.45) is -11.9. The molecule has 13 atom stereocenters. The molecule has 278 valence electrons. The van der Waals surface area contributed by atoms with Crippen LogP contribution in [0.3, 0.4) is 0 Å². The highest BCUT2D eigenvalue weighted by Crippen LogP contribution is 2.61. The van der Waals surface area contributed by atoms with E-state index in [0.29, 0.717) is 0 Å². The Kier molecular flexibility index (Phi) is 13.6. The number of nitrogens with one attached hydrogen (secondary N) is 3. The number of phosphoric ester groups is 2. The van der Waals surface area contributed by atoms with Crippen LogP contribution < -0.4 is 21.9 Å². The number of rotatable bonds is 15. The largest absolute Gasteiger partial charge is 0.483 e. The SMILES string of the molecule is CC(=O)N[C@H]1C(OP(=O)(O)OP(=O)(O)OC[C@H]2O[C@@H](n3ccc(=O)[nH]c3=O)[C@H](O)[C@@H]2O)O[C@H](CO)[C@@H](C)[C@@H]1OC(C)C(=O)N[C@@H](C)C(=O)O. The third kappa shape index (κ3) is 10.6. The van der Waals surface area contributed by atoms with E-state index in [9.17, 15) is 58.2 Å². The highest BCUT2D eigenvalue weighted by atomic mass is 31.3. The highest BCUT2D eigenvalue weighted by molar-refractivity contribution is 7.61. The van der Waals surface area contributed by atoms with Crippen LogP contribution >= 0.6 is 15.6 Å². The lowest BCUT2D eigenvalue weighted by molar-refractivity contribution is -0.242. The van der Waals surface area contributed by atoms with E-state index in [4.69, 9.17) is 23.8 Å². The lowest BCUT2D eigenvalue weighted by atomic mass is 9.89. The van der Waals surface area contributed by atoms with E-state index >= 15 is 0 Å². The molecule has 0 bridgehead atoms. The van der Waals surface area contributed by atoms with Crippen molar-refractivity contribution in [3.63, 3.8) is 0 Å². The minimum atomic E-state index is -5.72. The maximum atomic E-state index is 12.9. The molecule has 0 aromatic carbocycles. The van der Waals surface area contributed by atoms with E-state index in [2.05, 4.69) is 19.5 Å². The van der Waals surface area contributed by atoms with E-state index in [1.165, 1.54) is 20.8 Å². The molecule has 0 saturated carbocycles. The number of carbonyl (C=O) groups is 3. The third-order valence-corrected chi connectivity index (χ3v) is 9.98. The van der Waals surface area contributed by atoms with Gasteiger partial charge in [-0.1, -0.05) is 6.92 Å². The first-order chi connectivity index (χ1) is 22.7. The first-order valence-corrected chi connectivity index (χ1v) is 17.4. The summed E-state index contributed by atoms with van der Waals surface area (Å²) >= 11 is 0. The van der Waals surface area contributed by atoms with Gasteiger partial charge < -0.3 is 55.1 Å². The van der Waals surface area contributed by atoms with Crippen molar-refractivity contribution in [2.24, 2.45) is 5.92 Å². The second-order valence-corrected chi connectivity index (χ2v) is 14.1. The van der Waals surface area contributed by atoms with Gasteiger partial charge in [-0.15, -0.1) is 0 Å². The van der Waals surface area contributed by atoms with Crippen LogP contribution in [0.4, 0.5) is 0 Å². The van der Waals surface area contributed by atoms with Crippen LogP contribution in [0.15, 0.2) is 21.9 Å². The van der Waals surface area contributed by atoms with Gasteiger partial charge in [0.05, 0.1) is 25.4 Å². The summed E-state index contributed by atoms with van der Waals surface area (Å²) in [5.74, 6) is -3.84. The van der Waals surface area contributed by atoms with E-state index < -0.39 is 125 Å². The number of ether oxygens (including phenoxy) is 3. The summed E-state index contributed by atoms with van der Waals surface area (Å²) < 4.78 is 56.9. The summed E-state index contributed by atoms with van der Waals surface area (Å²) in [5.41, 5.74) is -1.78. The Morgan fingerprint density at radius 2 is 1.73 bits per heavy atom. The van der Waals surface area contributed by atoms with Gasteiger partial charge >= 0.3 is 27.3 Å². The number of nitrogens with zero attached hydrogens (tertiary/aromatic N) is 1. The van der Waals surface area contributed by atoms with Crippen molar-refractivity contribution in [1.29, 1.82) is 0 Å². The quantitative estimate of drug-likeness (QED) is 0.0790. The van der Waals surface area contributed by atoms with Crippen molar-refractivity contribution in [2.75, 3.05) is 13.2 Å². The van der Waals surface area contributed by atoms with Crippen molar-refractivity contribution < 1.29 is 81.3 Å². The third-order valence-electron chi connectivity index (χ3n) is 7.38. The van der Waals surface area contributed by atoms with Gasteiger partial charge in [0.15, 0.2) is 12.5 Å². The van der Waals surface area contributed by atoms with Crippen LogP contribution in [-0.4, -0.2) is 126 Å². The molecule has 0 radical (unpaired) electrons. The molecule has 2 aliphatic rings. The summed E-state index contributed by atoms with van der Waals surface area (Å²) in [6.45, 7) is 3.14. The topological polar surface area (TPSA) is 341 Å². The maximum Gasteiger partial charge on any atom is 0.483 e. The normalized spacial score (nSPS) is 32.3. The number of carboxylic acid groups (broad SMARTS) is 1. The number of carboxylic acids is 1. The molecular weight excluding hydrogens is 710 g/mol. The average molecular weight is 749 g/mol. The zero-order chi connectivity index (χ0) is 37.0. The minimum Gasteiger partial charge on any atom is -0.480 e. The first-order valence-electron chi connectivity index (χ1n) is 14.4. The van der Waals surface area contributed by atoms with Gasteiger partial charge in [-0.25, -0.2) is 13.9 Å². The maximum absolute atomic E-state index is 12.9. The molecule has 1 aromatic rings. The number of carbonyl (C=O) groups excluding carboxylic acids is 2. The number of aliphatic hydroxyl groups excluding tert-OH is 3. The number of amides is 2. The molecule has 1 aromatic heterocycles. The molecule has 25 heteroatoms. The molecule has 2 fully saturated rings. The first kappa shape index (κ1) is 40.5. The molecule has 3 rings (SSSR count). The standard InChI is InChI=1S/C24H38N4O19P2/c1-9-13(7-29)45-23(16(26-12(4)30)19(9)43-11(3)20(34)25-10(2)22(35)36)46-49(40,41)47-48(38,39)42-8-14-17(32)18(33)21(44-14)28-6-5-15(31)27-24(28)37/h5-6,9-11,13-14,16-19,21,23,29,32-33H,7-8H2,1-4H3,(H,25,34)(H,26,30)(H,35,36)(H,38,39)(H,40,41)(H,27,31,37)/t9-,10+,11?,13-,14-,16-,17-,18-,19+,21-,23?/m1/s1. The Morgan fingerprint density at radius 3 is 2.31 bits per heavy atom. The Bertz CT molecular complexity index is 1570. The molecule has 3 heterocycles. The van der Waals surface area contributed by atoms with Gasteiger partial charge in [-0.05, 0) is 13.8 Å². The van der Waals surface area contributed by atoms with E-state index in [1.807, 2.05) is 4.98 Å². The monoisotopic (exact) mass is 748 g/mol. The van der Waals surface area contributed by atoms with Crippen molar-refractivity contribution in [1.82, 2.24) is 20.2 Å². The van der Waals surface area contributed by atoms with Crippen LogP contribution in [0, 0.1) is 5.92 Å². The van der Waals surface area contributed by atoms with Crippen molar-refractivity contribution in [3.05, 3.63) is 33.1 Å². The van der Waals surface area contributed by atoms with Gasteiger partial charge in [0.25, 0.3) is 5.56 Å². The summed E-state index contributed by atoms with van der Waals surface area (Å²) in [7, 11) is -11.3. The van der Waals surface area contributed by atoms with E-state index in [-0.39, 0.29) is 0 Å². The molecule has 0 spiro atoms. The van der Waals surface area contributed by atoms with E-state index in [1.54, 1.807) is 0 Å². The van der Waals surface area contributed by atoms with Gasteiger partial charge in [0, 0.05) is 25.1 Å². The van der Waals surface area contributed by atoms with Gasteiger partial charge in [0.2, 0.25) is 11.8 Å². The summed E-state index contributed by atoms with van der Waals surface area (Å²) in [6, 6.07) is -1.92. The van der Waals surface area contributed by atoms with Gasteiger partial charge in [0.1, 0.15) is 36.5 Å². The number of phosphoric acid groups is 2. The van der Waals surface area contributed by atoms with Crippen LogP contribution in [0.5, 0.6) is 0 Å². The Labute approximate surface area is 276 Å². The molecular formula is C24H38N4O19P2. The number of aromatic amines is 1. The fraction of sp³-hybridized carbons (Fsp3) is 0.708. The number of aliphatic hydroxyl groups is 3. The molecule has 2 amide bonds. The van der Waals surface area contributed by atoms with Crippen molar-refractivity contribution in [3.8, 4) is 0 Å². The second-order valence-electron chi connectivity index (χ2n) is 11.1. The Balaban J connectivity index is 1.73. The summed E-state index contributed by atoms with van der Waals surface area (Å²) in [4.78, 5) is 81.7. The van der Waals surface area contributed by atoms with Gasteiger partial charge in [-0.3, -0.25) is 37.8 Å². The molecule has 0 aliphatic carbocycles. The highest BCUT2D eigenvalue weighted by Gasteiger charge is 2.51. The van der Waals surface area contributed by atoms with Crippen molar-refractivity contribution in [2.45, 2.75) is 88.9 Å². The zero-order valence-electron chi connectivity index (χ0n) is 26.3. The Morgan fingerprint density at radius 1 is 1.08 bits per heavy atom. The predicted octanol–water partition coefficient (Wildman–Crippen LogP) is -3.37. The lowest BCUT2D eigenvalue weighted by Gasteiger charge is -2.45. The molecule has 2 saturated heterocycles. The predicted molar refractivity (Wildman–Crippen MR) is 157 cm³/mol. The Hall–Kier alpha value is -2.89. The second kappa shape index (κ2) is 16.4. The summed E-state index contributed by atoms with van der Waals surface area (Å²) in [5, 5.41) is 44.1. The molecule has 4 unspecified atom stereocenters. The zero-order valence-corrected chi connectivity index (χ0v) is 28.0. The number of hydrogen-bond donors (Lipinski definition) is 9. The van der Waals surface area contributed by atoms with Crippen LogP contribution in [0.1, 0.15) is 33.9 Å². The fourth-order valence-electron chi connectivity index (χ4n) is 4.85. The lowest BCUT2D eigenvalue weighted by Crippen LogP contribution is -2.63. The number of aromatic nitrogens is 2. The molecule has 2 aliphatic heterocycles. The number of hydrogen-bond acceptors (Lipinski definition) is 16. The number of H-pyrrole nitrogens is 1. The van der Waals surface area contributed by atoms with Crippen LogP contribution in [0.25, 0.3) is 0 Å². The molecule has 23 nitrogen and oxygen atoms in total. The minimum absolute atomic E-state index is 0.719. The molecule has 49 heavy (non-hydrogen) atoms. The van der Waals surface area contributed by atoms with Gasteiger partial charge in [-0.2, -0.15) is 4.31 Å². The van der Waals surface area contributed by atoms with Crippen LogP contribution in [0.2, 0.25) is 0 Å². The van der Waals surface area contributed by atoms with Crippen molar-refractivity contribution >= 4 is 33.4 Å². The number of aliphatic carboxylic acids is 1. The fourth-order valence-corrected chi connectivity index (χ4v) is 7.02. The smallest absolute Gasteiger partial charge is 0.480 e.